The summed E-state index contributed by atoms with van der Waals surface area (Å²) in [4.78, 5) is 0. The molecule has 2 aliphatic carbocycles. The minimum absolute atomic E-state index is 0.559. The molecule has 0 saturated heterocycles. The third-order valence-electron chi connectivity index (χ3n) is 7.36. The Balaban J connectivity index is 1.82. The molecule has 0 N–H and O–H groups in total. The highest BCUT2D eigenvalue weighted by atomic mass is 28.3. The summed E-state index contributed by atoms with van der Waals surface area (Å²) in [6.07, 6.45) is 15.6. The fraction of sp³-hybridized carbons (Fsp3) is 0.429. The van der Waals surface area contributed by atoms with Gasteiger partial charge in [0.05, 0.1) is 8.07 Å². The van der Waals surface area contributed by atoms with E-state index >= 15 is 0 Å². The van der Waals surface area contributed by atoms with Gasteiger partial charge in [-0.05, 0) is 40.8 Å². The predicted molar refractivity (Wildman–Crippen MR) is 133 cm³/mol. The number of unbranched alkanes of at least 4 members (excludes halogenated alkanes) is 1. The van der Waals surface area contributed by atoms with Gasteiger partial charge in [-0.3, -0.25) is 0 Å². The van der Waals surface area contributed by atoms with E-state index in [9.17, 15) is 0 Å². The first-order valence-electron chi connectivity index (χ1n) is 11.7. The van der Waals surface area contributed by atoms with Crippen LogP contribution < -0.4 is 9.92 Å². The summed E-state index contributed by atoms with van der Waals surface area (Å²) < 4.78 is 6.38. The molecule has 4 rings (SSSR count). The lowest BCUT2D eigenvalue weighted by Gasteiger charge is -2.37. The molecule has 0 spiro atoms. The van der Waals surface area contributed by atoms with E-state index in [1.807, 2.05) is 6.08 Å². The van der Waals surface area contributed by atoms with E-state index in [0.717, 1.165) is 17.6 Å². The lowest BCUT2D eigenvalue weighted by Crippen LogP contribution is -2.48. The van der Waals surface area contributed by atoms with Gasteiger partial charge in [0.2, 0.25) is 0 Å². The minimum Gasteiger partial charge on any atom is -0.489 e. The van der Waals surface area contributed by atoms with Gasteiger partial charge >= 0.3 is 0 Å². The van der Waals surface area contributed by atoms with E-state index in [0.29, 0.717) is 12.1 Å². The second-order valence-corrected chi connectivity index (χ2v) is 14.2. The Hall–Kier alpha value is -2.06. The van der Waals surface area contributed by atoms with E-state index < -0.39 is 8.07 Å². The van der Waals surface area contributed by atoms with Crippen LogP contribution in [-0.4, -0.2) is 14.7 Å². The van der Waals surface area contributed by atoms with Crippen LogP contribution in [0.25, 0.3) is 10.8 Å². The fourth-order valence-corrected chi connectivity index (χ4v) is 10.3. The van der Waals surface area contributed by atoms with Crippen LogP contribution in [0.3, 0.4) is 0 Å². The summed E-state index contributed by atoms with van der Waals surface area (Å²) in [5, 5.41) is 3.98. The minimum atomic E-state index is -1.84. The summed E-state index contributed by atoms with van der Waals surface area (Å²) in [5.74, 6) is 2.67. The smallest absolute Gasteiger partial charge is 0.126 e. The van der Waals surface area contributed by atoms with Gasteiger partial charge < -0.3 is 4.74 Å². The highest BCUT2D eigenvalue weighted by Crippen LogP contribution is 2.54. The molecule has 1 fully saturated rings. The summed E-state index contributed by atoms with van der Waals surface area (Å²) in [6.45, 7) is 12.0. The van der Waals surface area contributed by atoms with Gasteiger partial charge in [-0.2, -0.15) is 0 Å². The van der Waals surface area contributed by atoms with Crippen LogP contribution in [0.1, 0.15) is 39.0 Å². The molecule has 2 heteroatoms. The van der Waals surface area contributed by atoms with Crippen LogP contribution >= 0.6 is 0 Å². The van der Waals surface area contributed by atoms with Gasteiger partial charge in [0.25, 0.3) is 0 Å². The molecule has 0 heterocycles. The van der Waals surface area contributed by atoms with E-state index in [-0.39, 0.29) is 0 Å². The molecule has 1 saturated carbocycles. The van der Waals surface area contributed by atoms with Crippen LogP contribution in [0.2, 0.25) is 18.6 Å². The molecule has 3 unspecified atom stereocenters. The molecule has 0 radical (unpaired) electrons. The van der Waals surface area contributed by atoms with Crippen molar-refractivity contribution in [2.45, 2.75) is 57.7 Å². The molecule has 3 atom stereocenters. The maximum Gasteiger partial charge on any atom is 0.126 e. The lowest BCUT2D eigenvalue weighted by atomic mass is 9.94. The van der Waals surface area contributed by atoms with Crippen LogP contribution in [0.5, 0.6) is 5.75 Å². The Morgan fingerprint density at radius 3 is 2.80 bits per heavy atom. The van der Waals surface area contributed by atoms with Gasteiger partial charge in [0.1, 0.15) is 12.4 Å². The van der Waals surface area contributed by atoms with Crippen molar-refractivity contribution in [3.05, 3.63) is 72.9 Å². The van der Waals surface area contributed by atoms with E-state index in [4.69, 9.17) is 4.74 Å². The Labute approximate surface area is 183 Å². The normalized spacial score (nSPS) is 23.3. The molecule has 2 aromatic rings. The van der Waals surface area contributed by atoms with Crippen molar-refractivity contribution in [3.63, 3.8) is 0 Å². The third kappa shape index (κ3) is 3.82. The predicted octanol–water partition coefficient (Wildman–Crippen LogP) is 7.40. The summed E-state index contributed by atoms with van der Waals surface area (Å²) >= 11 is 0. The van der Waals surface area contributed by atoms with E-state index in [1.54, 1.807) is 5.57 Å². The molecular formula is C28H36OSi. The molecular weight excluding hydrogens is 380 g/mol. The quantitative estimate of drug-likeness (QED) is 0.322. The second kappa shape index (κ2) is 8.97. The number of benzene rings is 2. The molecule has 2 aromatic carbocycles. The molecule has 158 valence electrons. The number of hydrogen-bond acceptors (Lipinski definition) is 1. The first-order chi connectivity index (χ1) is 14.6. The van der Waals surface area contributed by atoms with Crippen molar-refractivity contribution < 1.29 is 4.74 Å². The molecule has 0 bridgehead atoms. The maximum absolute atomic E-state index is 6.38. The molecule has 0 aliphatic heterocycles. The summed E-state index contributed by atoms with van der Waals surface area (Å²) in [7, 11) is -1.84. The second-order valence-electron chi connectivity index (χ2n) is 9.63. The van der Waals surface area contributed by atoms with Crippen molar-refractivity contribution in [3.8, 4) is 5.75 Å². The van der Waals surface area contributed by atoms with Crippen molar-refractivity contribution in [2.75, 3.05) is 6.61 Å². The third-order valence-corrected chi connectivity index (χ3v) is 11.5. The number of rotatable bonds is 8. The molecule has 30 heavy (non-hydrogen) atoms. The highest BCUT2D eigenvalue weighted by Gasteiger charge is 2.48. The van der Waals surface area contributed by atoms with Crippen LogP contribution in [0.4, 0.5) is 0 Å². The fourth-order valence-electron chi connectivity index (χ4n) is 6.03. The maximum atomic E-state index is 6.38. The van der Waals surface area contributed by atoms with Crippen LogP contribution in [0, 0.1) is 11.8 Å². The van der Waals surface area contributed by atoms with Crippen molar-refractivity contribution in [1.29, 1.82) is 0 Å². The van der Waals surface area contributed by atoms with Gasteiger partial charge in [-0.25, -0.2) is 0 Å². The summed E-state index contributed by atoms with van der Waals surface area (Å²) in [6, 6.07) is 13.4. The van der Waals surface area contributed by atoms with E-state index in [1.165, 1.54) is 48.1 Å². The topological polar surface area (TPSA) is 9.23 Å². The molecule has 0 aromatic heterocycles. The van der Waals surface area contributed by atoms with Gasteiger partial charge in [0, 0.05) is 5.39 Å². The largest absolute Gasteiger partial charge is 0.489 e. The zero-order valence-electron chi connectivity index (χ0n) is 18.9. The zero-order chi connectivity index (χ0) is 21.1. The Bertz CT molecular complexity index is 968. The van der Waals surface area contributed by atoms with Crippen molar-refractivity contribution in [1.82, 2.24) is 0 Å². The van der Waals surface area contributed by atoms with Gasteiger partial charge in [-0.15, -0.1) is 0 Å². The Morgan fingerprint density at radius 2 is 2.00 bits per heavy atom. The summed E-state index contributed by atoms with van der Waals surface area (Å²) in [5.41, 5.74) is 2.43. The zero-order valence-corrected chi connectivity index (χ0v) is 19.9. The van der Waals surface area contributed by atoms with Crippen LogP contribution in [-0.2, 0) is 0 Å². The average molecular weight is 417 g/mol. The van der Waals surface area contributed by atoms with Crippen molar-refractivity contribution in [2.24, 2.45) is 11.8 Å². The molecule has 0 amide bonds. The number of hydrogen-bond donors (Lipinski definition) is 0. The van der Waals surface area contributed by atoms with Gasteiger partial charge in [-0.1, -0.05) is 112 Å². The Morgan fingerprint density at radius 1 is 1.17 bits per heavy atom. The number of ether oxygens (including phenoxy) is 1. The Kier molecular flexibility index (Phi) is 6.34. The van der Waals surface area contributed by atoms with Crippen molar-refractivity contribution >= 4 is 24.0 Å². The number of allylic oxidation sites excluding steroid dienone is 4. The van der Waals surface area contributed by atoms with Crippen LogP contribution in [0.15, 0.2) is 72.9 Å². The van der Waals surface area contributed by atoms with E-state index in [2.05, 4.69) is 81.2 Å². The SMILES string of the molecule is C=CCOc1c([Si](C)(C)C2C3=CC=CCC3CC2CCCC)ccc2ccccc12. The number of fused-ring (bicyclic) bond motifs is 2. The highest BCUT2D eigenvalue weighted by molar-refractivity contribution is 6.92. The van der Waals surface area contributed by atoms with Gasteiger partial charge in [0.15, 0.2) is 0 Å². The monoisotopic (exact) mass is 416 g/mol. The lowest BCUT2D eigenvalue weighted by molar-refractivity contribution is 0.370. The average Bonchev–Trinajstić information content (AvgIpc) is 3.15. The standard InChI is InChI=1S/C28H36OSi/c1-5-7-12-23-20-22-14-9-11-16-25(22)28(23)30(3,4)26-18-17-21-13-8-10-15-24(21)27(26)29-19-6-2/h6,8-11,13,15-18,22-23,28H,2,5,7,12,14,19-20H2,1,3-4H3. The molecule has 1 nitrogen and oxygen atoms in total. The first-order valence-corrected chi connectivity index (χ1v) is 14.8. The molecule has 2 aliphatic rings. The first kappa shape index (κ1) is 21.2.